The maximum absolute atomic E-state index is 11.5. The highest BCUT2D eigenvalue weighted by molar-refractivity contribution is 4.78. The lowest BCUT2D eigenvalue weighted by molar-refractivity contribution is 0.0434. The van der Waals surface area contributed by atoms with Crippen LogP contribution >= 0.6 is 0 Å². The minimum absolute atomic E-state index is 0.328. The number of rotatable bonds is 52. The smallest absolute Gasteiger partial charge is 0.0667 e. The Morgan fingerprint density at radius 1 is 0.208 bits per heavy atom. The second-order valence-corrected chi connectivity index (χ2v) is 23.7. The topological polar surface area (TPSA) is 93.9 Å². The van der Waals surface area contributed by atoms with Crippen molar-refractivity contribution in [3.8, 4) is 0 Å². The van der Waals surface area contributed by atoms with Crippen molar-refractivity contribution in [3.63, 3.8) is 0 Å². The minimum Gasteiger partial charge on any atom is -0.392 e. The van der Waals surface area contributed by atoms with Gasteiger partial charge in [-0.25, -0.2) is 0 Å². The van der Waals surface area contributed by atoms with Gasteiger partial charge < -0.3 is 20.4 Å². The summed E-state index contributed by atoms with van der Waals surface area (Å²) < 4.78 is 0. The monoisotopic (exact) mass is 1020 g/mol. The Morgan fingerprint density at radius 2 is 0.333 bits per heavy atom. The van der Waals surface area contributed by atoms with Crippen LogP contribution in [0.5, 0.6) is 0 Å². The zero-order valence-electron chi connectivity index (χ0n) is 49.5. The van der Waals surface area contributed by atoms with Gasteiger partial charge in [-0.05, 0) is 25.7 Å². The van der Waals surface area contributed by atoms with Gasteiger partial charge in [0.05, 0.1) is 24.4 Å². The molecule has 1 rings (SSSR count). The van der Waals surface area contributed by atoms with Gasteiger partial charge in [-0.1, -0.05) is 285 Å². The number of hydrogen-bond acceptors (Lipinski definition) is 8. The van der Waals surface area contributed by atoms with E-state index in [2.05, 4.69) is 47.3 Å². The highest BCUT2D eigenvalue weighted by atomic mass is 16.3. The predicted octanol–water partition coefficient (Wildman–Crippen LogP) is 15.9. The molecule has 4 unspecified atom stereocenters. The van der Waals surface area contributed by atoms with Gasteiger partial charge in [-0.3, -0.25) is 19.6 Å². The Labute approximate surface area is 451 Å². The first-order valence-electron chi connectivity index (χ1n) is 32.9. The molecule has 432 valence electrons. The molecule has 0 radical (unpaired) electrons. The third-order valence-electron chi connectivity index (χ3n) is 16.4. The van der Waals surface area contributed by atoms with E-state index in [4.69, 9.17) is 0 Å². The SMILES string of the molecule is CCCCCCCCCCCCC(O)CN1CCN(CC(O)CCCCCCCCCCCC)CCN(CC(O)CCCCCCCCCCCC)CCN(CC(O)CCCCCCCCCCCC)CC1. The van der Waals surface area contributed by atoms with Crippen molar-refractivity contribution < 1.29 is 20.4 Å². The molecule has 1 saturated heterocycles. The van der Waals surface area contributed by atoms with E-state index in [1.54, 1.807) is 0 Å². The molecule has 0 aromatic carbocycles. The van der Waals surface area contributed by atoms with Gasteiger partial charge in [0.25, 0.3) is 0 Å². The molecule has 0 saturated carbocycles. The standard InChI is InChI=1S/C64H132N4O4/c1-5-9-13-17-21-25-29-33-37-41-45-61(69)57-65-49-51-66(58-62(70)46-42-38-34-30-26-22-18-14-10-6-2)53-55-68(60-64(72)48-44-40-36-32-28-24-20-16-12-8-4)56-54-67(52-50-65)59-63(71)47-43-39-35-31-27-23-19-15-11-7-3/h61-64,69-72H,5-60H2,1-4H3. The summed E-state index contributed by atoms with van der Waals surface area (Å²) in [5.41, 5.74) is 0. The van der Waals surface area contributed by atoms with Crippen molar-refractivity contribution in [3.05, 3.63) is 0 Å². The molecule has 0 amide bonds. The maximum atomic E-state index is 11.5. The molecule has 1 aliphatic rings. The fourth-order valence-electron chi connectivity index (χ4n) is 11.3. The molecule has 8 nitrogen and oxygen atoms in total. The van der Waals surface area contributed by atoms with Crippen LogP contribution in [-0.2, 0) is 0 Å². The molecule has 0 aromatic heterocycles. The van der Waals surface area contributed by atoms with Gasteiger partial charge in [-0.15, -0.1) is 0 Å². The third kappa shape index (κ3) is 46.9. The summed E-state index contributed by atoms with van der Waals surface area (Å²) in [6, 6.07) is 0. The third-order valence-corrected chi connectivity index (χ3v) is 16.4. The van der Waals surface area contributed by atoms with Crippen LogP contribution in [0.1, 0.15) is 310 Å². The van der Waals surface area contributed by atoms with Crippen LogP contribution in [0, 0.1) is 0 Å². The summed E-state index contributed by atoms with van der Waals surface area (Å²) in [6.45, 7) is 18.9. The van der Waals surface area contributed by atoms with E-state index in [0.717, 1.165) is 104 Å². The average Bonchev–Trinajstić information content (AvgIpc) is 3.36. The first kappa shape index (κ1) is 69.7. The van der Waals surface area contributed by atoms with Crippen LogP contribution in [0.25, 0.3) is 0 Å². The molecule has 1 fully saturated rings. The summed E-state index contributed by atoms with van der Waals surface area (Å²) >= 11 is 0. The first-order chi connectivity index (χ1) is 35.3. The highest BCUT2D eigenvalue weighted by Crippen LogP contribution is 2.18. The average molecular weight is 1020 g/mol. The first-order valence-corrected chi connectivity index (χ1v) is 32.9. The summed E-state index contributed by atoms with van der Waals surface area (Å²) in [4.78, 5) is 10.00. The van der Waals surface area contributed by atoms with Gasteiger partial charge in [0.2, 0.25) is 0 Å². The number of aliphatic hydroxyl groups is 4. The van der Waals surface area contributed by atoms with Crippen molar-refractivity contribution >= 4 is 0 Å². The van der Waals surface area contributed by atoms with E-state index in [-0.39, 0.29) is 24.4 Å². The minimum atomic E-state index is -0.328. The van der Waals surface area contributed by atoms with Crippen molar-refractivity contribution in [1.29, 1.82) is 0 Å². The summed E-state index contributed by atoms with van der Waals surface area (Å²) in [6.07, 6.45) is 54.5. The van der Waals surface area contributed by atoms with Crippen LogP contribution in [0.4, 0.5) is 0 Å². The molecule has 0 aromatic rings. The molecule has 4 N–H and O–H groups in total. The lowest BCUT2D eigenvalue weighted by Crippen LogP contribution is -2.50. The number of nitrogens with zero attached hydrogens (tertiary/aromatic N) is 4. The molecule has 8 heteroatoms. The van der Waals surface area contributed by atoms with Gasteiger partial charge in [0.15, 0.2) is 0 Å². The highest BCUT2D eigenvalue weighted by Gasteiger charge is 2.22. The van der Waals surface area contributed by atoms with E-state index in [1.165, 1.54) is 231 Å². The molecule has 1 heterocycles. The molecule has 4 atom stereocenters. The van der Waals surface area contributed by atoms with Crippen LogP contribution in [0.2, 0.25) is 0 Å². The lowest BCUT2D eigenvalue weighted by atomic mass is 10.0. The summed E-state index contributed by atoms with van der Waals surface area (Å²) in [7, 11) is 0. The van der Waals surface area contributed by atoms with Gasteiger partial charge in [-0.2, -0.15) is 0 Å². The zero-order valence-corrected chi connectivity index (χ0v) is 49.5. The molecule has 0 spiro atoms. The fourth-order valence-corrected chi connectivity index (χ4v) is 11.3. The molecule has 72 heavy (non-hydrogen) atoms. The number of β-amino-alcohol motifs (C(OH)–C–C–N with tert-alkyl or cyclic N) is 4. The lowest BCUT2D eigenvalue weighted by Gasteiger charge is -2.36. The quantitative estimate of drug-likeness (QED) is 0.0448. The number of aliphatic hydroxyl groups excluding tert-OH is 4. The molecule has 1 aliphatic heterocycles. The van der Waals surface area contributed by atoms with E-state index in [0.29, 0.717) is 26.2 Å². The van der Waals surface area contributed by atoms with Crippen LogP contribution in [-0.4, -0.2) is 143 Å². The van der Waals surface area contributed by atoms with E-state index < -0.39 is 0 Å². The Bertz CT molecular complexity index is 880. The largest absolute Gasteiger partial charge is 0.392 e. The molecule has 0 aliphatic carbocycles. The van der Waals surface area contributed by atoms with Gasteiger partial charge in [0.1, 0.15) is 0 Å². The summed E-state index contributed by atoms with van der Waals surface area (Å²) in [5.74, 6) is 0. The van der Waals surface area contributed by atoms with Crippen LogP contribution in [0.15, 0.2) is 0 Å². The van der Waals surface area contributed by atoms with Crippen molar-refractivity contribution in [2.24, 2.45) is 0 Å². The van der Waals surface area contributed by atoms with E-state index in [1.807, 2.05) is 0 Å². The van der Waals surface area contributed by atoms with Crippen molar-refractivity contribution in [2.75, 3.05) is 78.5 Å². The molecule has 0 bridgehead atoms. The van der Waals surface area contributed by atoms with Crippen LogP contribution in [0.3, 0.4) is 0 Å². The maximum Gasteiger partial charge on any atom is 0.0667 e. The Balaban J connectivity index is 2.96. The van der Waals surface area contributed by atoms with Crippen molar-refractivity contribution in [1.82, 2.24) is 19.6 Å². The van der Waals surface area contributed by atoms with Crippen molar-refractivity contribution in [2.45, 2.75) is 335 Å². The van der Waals surface area contributed by atoms with Gasteiger partial charge in [0, 0.05) is 78.5 Å². The second-order valence-electron chi connectivity index (χ2n) is 23.7. The van der Waals surface area contributed by atoms with Crippen LogP contribution < -0.4 is 0 Å². The molecular weight excluding hydrogens is 889 g/mol. The Hall–Kier alpha value is -0.320. The van der Waals surface area contributed by atoms with E-state index >= 15 is 0 Å². The second kappa shape index (κ2) is 54.1. The normalized spacial score (nSPS) is 17.0. The van der Waals surface area contributed by atoms with E-state index in [9.17, 15) is 20.4 Å². The zero-order chi connectivity index (χ0) is 52.2. The Kier molecular flexibility index (Phi) is 52.3. The Morgan fingerprint density at radius 3 is 0.472 bits per heavy atom. The molecular formula is C64H132N4O4. The number of unbranched alkanes of at least 4 members (excludes halogenated alkanes) is 36. The predicted molar refractivity (Wildman–Crippen MR) is 316 cm³/mol. The number of hydrogen-bond donors (Lipinski definition) is 4. The summed E-state index contributed by atoms with van der Waals surface area (Å²) in [5, 5.41) is 45.9. The van der Waals surface area contributed by atoms with Gasteiger partial charge >= 0.3 is 0 Å². The fraction of sp³-hybridized carbons (Fsp3) is 1.00.